The molecule has 0 aromatic rings. The van der Waals surface area contributed by atoms with Gasteiger partial charge in [0.25, 0.3) is 0 Å². The van der Waals surface area contributed by atoms with Gasteiger partial charge in [-0.2, -0.15) is 0 Å². The lowest BCUT2D eigenvalue weighted by atomic mass is 10.1. The van der Waals surface area contributed by atoms with Crippen LogP contribution in [0.4, 0.5) is 4.39 Å². The fourth-order valence-electron chi connectivity index (χ4n) is 1.85. The minimum atomic E-state index is -0.660. The highest BCUT2D eigenvalue weighted by atomic mass is 19.1. The van der Waals surface area contributed by atoms with Crippen LogP contribution in [0.5, 0.6) is 0 Å². The average molecular weight is 171 g/mol. The zero-order valence-corrected chi connectivity index (χ0v) is 7.13. The van der Waals surface area contributed by atoms with Crippen molar-refractivity contribution in [3.63, 3.8) is 0 Å². The highest BCUT2D eigenvalue weighted by Crippen LogP contribution is 2.44. The third-order valence-corrected chi connectivity index (χ3v) is 2.90. The number of carbonyl (C=O) groups is 1. The smallest absolute Gasteiger partial charge is 0.127 e. The highest BCUT2D eigenvalue weighted by molar-refractivity contribution is 5.63. The topological polar surface area (TPSA) is 20.3 Å². The summed E-state index contributed by atoms with van der Waals surface area (Å²) in [6, 6.07) is 0. The number of hydrogen-bond donors (Lipinski definition) is 0. The quantitative estimate of drug-likeness (QED) is 0.591. The van der Waals surface area contributed by atoms with Crippen LogP contribution in [0.3, 0.4) is 0 Å². The summed E-state index contributed by atoms with van der Waals surface area (Å²) in [6.45, 7) is 2.16. The Morgan fingerprint density at radius 3 is 2.75 bits per heavy atom. The Labute approximate surface area is 71.7 Å². The van der Waals surface area contributed by atoms with Gasteiger partial charge in [0.1, 0.15) is 12.5 Å². The molecule has 12 heavy (non-hydrogen) atoms. The Morgan fingerprint density at radius 2 is 2.33 bits per heavy atom. The van der Waals surface area contributed by atoms with Crippen LogP contribution in [0.1, 0.15) is 19.3 Å². The molecule has 1 saturated carbocycles. The van der Waals surface area contributed by atoms with Crippen molar-refractivity contribution in [2.24, 2.45) is 5.41 Å². The number of nitrogens with zero attached hydrogens (tertiary/aromatic N) is 1. The Balaban J connectivity index is 1.83. The van der Waals surface area contributed by atoms with E-state index in [0.717, 1.165) is 32.2 Å². The molecule has 1 heterocycles. The molecule has 0 radical (unpaired) electrons. The van der Waals surface area contributed by atoms with Gasteiger partial charge in [-0.25, -0.2) is 4.39 Å². The lowest BCUT2D eigenvalue weighted by Gasteiger charge is -2.17. The van der Waals surface area contributed by atoms with Gasteiger partial charge in [0, 0.05) is 25.0 Å². The highest BCUT2D eigenvalue weighted by Gasteiger charge is 2.44. The number of halogens is 1. The van der Waals surface area contributed by atoms with Gasteiger partial charge >= 0.3 is 0 Å². The molecule has 0 spiro atoms. The molecule has 0 N–H and O–H groups in total. The summed E-state index contributed by atoms with van der Waals surface area (Å²) >= 11 is 0. The largest absolute Gasteiger partial charge is 0.303 e. The molecule has 2 nitrogen and oxygen atoms in total. The maximum atomic E-state index is 12.7. The first-order valence-corrected chi connectivity index (χ1v) is 4.57. The standard InChI is InChI=1S/C9H14FNO/c10-8-1-4-11(5-8)6-9(7-12)2-3-9/h7-8H,1-6H2. The summed E-state index contributed by atoms with van der Waals surface area (Å²) in [4.78, 5) is 12.7. The van der Waals surface area contributed by atoms with Crippen molar-refractivity contribution in [3.8, 4) is 0 Å². The second-order valence-electron chi connectivity index (χ2n) is 4.10. The van der Waals surface area contributed by atoms with Crippen molar-refractivity contribution in [3.05, 3.63) is 0 Å². The zero-order valence-electron chi connectivity index (χ0n) is 7.13. The van der Waals surface area contributed by atoms with Crippen molar-refractivity contribution < 1.29 is 9.18 Å². The molecule has 1 aliphatic carbocycles. The van der Waals surface area contributed by atoms with E-state index in [-0.39, 0.29) is 5.41 Å². The summed E-state index contributed by atoms with van der Waals surface area (Å²) in [7, 11) is 0. The van der Waals surface area contributed by atoms with Gasteiger partial charge in [0.2, 0.25) is 0 Å². The van der Waals surface area contributed by atoms with E-state index in [9.17, 15) is 9.18 Å². The number of rotatable bonds is 3. The predicted molar refractivity (Wildman–Crippen MR) is 43.7 cm³/mol. The third kappa shape index (κ3) is 1.51. The van der Waals surface area contributed by atoms with Gasteiger partial charge < -0.3 is 4.79 Å². The van der Waals surface area contributed by atoms with Crippen LogP contribution >= 0.6 is 0 Å². The zero-order chi connectivity index (χ0) is 8.60. The number of carbonyl (C=O) groups excluding carboxylic acids is 1. The van der Waals surface area contributed by atoms with Gasteiger partial charge in [0.05, 0.1) is 0 Å². The van der Waals surface area contributed by atoms with E-state index >= 15 is 0 Å². The van der Waals surface area contributed by atoms with Crippen molar-refractivity contribution in [2.75, 3.05) is 19.6 Å². The molecule has 1 unspecified atom stereocenters. The van der Waals surface area contributed by atoms with Gasteiger partial charge in [-0.3, -0.25) is 4.90 Å². The average Bonchev–Trinajstić information content (AvgIpc) is 2.71. The Bertz CT molecular complexity index is 191. The maximum absolute atomic E-state index is 12.7. The van der Waals surface area contributed by atoms with Crippen LogP contribution in [-0.2, 0) is 4.79 Å². The number of hydrogen-bond acceptors (Lipinski definition) is 2. The monoisotopic (exact) mass is 171 g/mol. The molecule has 1 saturated heterocycles. The molecule has 3 heteroatoms. The van der Waals surface area contributed by atoms with Crippen LogP contribution in [0.25, 0.3) is 0 Å². The summed E-state index contributed by atoms with van der Waals surface area (Å²) < 4.78 is 12.7. The molecular formula is C9H14FNO. The van der Waals surface area contributed by atoms with Gasteiger partial charge in [0.15, 0.2) is 0 Å². The predicted octanol–water partition coefficient (Wildman–Crippen LogP) is 1.01. The molecule has 2 fully saturated rings. The number of likely N-dealkylation sites (tertiary alicyclic amines) is 1. The van der Waals surface area contributed by atoms with E-state index in [1.807, 2.05) is 0 Å². The molecule has 68 valence electrons. The van der Waals surface area contributed by atoms with Crippen molar-refractivity contribution in [2.45, 2.75) is 25.4 Å². The van der Waals surface area contributed by atoms with Crippen LogP contribution in [0.2, 0.25) is 0 Å². The van der Waals surface area contributed by atoms with Crippen LogP contribution in [0, 0.1) is 5.41 Å². The van der Waals surface area contributed by atoms with Crippen molar-refractivity contribution >= 4 is 6.29 Å². The van der Waals surface area contributed by atoms with Crippen molar-refractivity contribution in [1.82, 2.24) is 4.90 Å². The lowest BCUT2D eigenvalue weighted by Crippen LogP contribution is -2.29. The second kappa shape index (κ2) is 2.80. The van der Waals surface area contributed by atoms with E-state index in [1.165, 1.54) is 0 Å². The lowest BCUT2D eigenvalue weighted by molar-refractivity contribution is -0.112. The fraction of sp³-hybridized carbons (Fsp3) is 0.889. The molecule has 0 amide bonds. The molecule has 1 atom stereocenters. The first kappa shape index (κ1) is 8.17. The minimum absolute atomic E-state index is 0.0793. The van der Waals surface area contributed by atoms with E-state index in [4.69, 9.17) is 0 Å². The molecular weight excluding hydrogens is 157 g/mol. The first-order chi connectivity index (χ1) is 5.74. The van der Waals surface area contributed by atoms with Gasteiger partial charge in [-0.05, 0) is 19.3 Å². The van der Waals surface area contributed by atoms with E-state index in [0.29, 0.717) is 13.0 Å². The molecule has 0 bridgehead atoms. The summed E-state index contributed by atoms with van der Waals surface area (Å²) in [5, 5.41) is 0. The maximum Gasteiger partial charge on any atom is 0.127 e. The number of alkyl halides is 1. The second-order valence-corrected chi connectivity index (χ2v) is 4.10. The summed E-state index contributed by atoms with van der Waals surface area (Å²) in [6.07, 6.45) is 3.05. The van der Waals surface area contributed by atoms with E-state index in [2.05, 4.69) is 4.90 Å². The molecule has 2 rings (SSSR count). The fourth-order valence-corrected chi connectivity index (χ4v) is 1.85. The van der Waals surface area contributed by atoms with E-state index in [1.54, 1.807) is 0 Å². The van der Waals surface area contributed by atoms with E-state index < -0.39 is 6.17 Å². The molecule has 0 aromatic heterocycles. The normalized spacial score (nSPS) is 33.6. The van der Waals surface area contributed by atoms with Crippen molar-refractivity contribution in [1.29, 1.82) is 0 Å². The third-order valence-electron chi connectivity index (χ3n) is 2.90. The van der Waals surface area contributed by atoms with Crippen LogP contribution in [0.15, 0.2) is 0 Å². The molecule has 0 aromatic carbocycles. The van der Waals surface area contributed by atoms with Gasteiger partial charge in [-0.15, -0.1) is 0 Å². The van der Waals surface area contributed by atoms with Crippen LogP contribution < -0.4 is 0 Å². The minimum Gasteiger partial charge on any atom is -0.303 e. The number of aldehydes is 1. The van der Waals surface area contributed by atoms with Gasteiger partial charge in [-0.1, -0.05) is 0 Å². The Morgan fingerprint density at radius 1 is 1.58 bits per heavy atom. The Kier molecular flexibility index (Phi) is 1.91. The van der Waals surface area contributed by atoms with Crippen LogP contribution in [-0.4, -0.2) is 37.0 Å². The SMILES string of the molecule is O=CC1(CN2CCC(F)C2)CC1. The molecule has 1 aliphatic heterocycles. The molecule has 2 aliphatic rings. The Hall–Kier alpha value is -0.440. The summed E-state index contributed by atoms with van der Waals surface area (Å²) in [5.41, 5.74) is -0.0793. The summed E-state index contributed by atoms with van der Waals surface area (Å²) in [5.74, 6) is 0. The first-order valence-electron chi connectivity index (χ1n) is 4.57.